The Kier molecular flexibility index (Phi) is 6.90. The van der Waals surface area contributed by atoms with Crippen LogP contribution in [0.2, 0.25) is 0 Å². The van der Waals surface area contributed by atoms with Crippen LogP contribution < -0.4 is 10.9 Å². The summed E-state index contributed by atoms with van der Waals surface area (Å²) in [5.74, 6) is -0.897. The lowest BCUT2D eigenvalue weighted by molar-refractivity contribution is -0.120. The van der Waals surface area contributed by atoms with Crippen LogP contribution in [0.15, 0.2) is 28.4 Å². The Morgan fingerprint density at radius 2 is 1.87 bits per heavy atom. The maximum atomic E-state index is 13.4. The van der Waals surface area contributed by atoms with Crippen LogP contribution >= 0.6 is 11.3 Å². The smallest absolute Gasteiger partial charge is 0.359 e. The molecule has 3 rings (SSSR count). The zero-order chi connectivity index (χ0) is 22.7. The fraction of sp³-hybridized carbons (Fsp3) is 0.391. The minimum atomic E-state index is -0.610. The van der Waals surface area contributed by atoms with Crippen LogP contribution in [0.25, 0.3) is 16.5 Å². The number of aromatic nitrogens is 2. The highest BCUT2D eigenvalue weighted by Crippen LogP contribution is 2.31. The summed E-state index contributed by atoms with van der Waals surface area (Å²) in [6.07, 6.45) is 1.41. The highest BCUT2D eigenvalue weighted by atomic mass is 32.1. The maximum Gasteiger partial charge on any atom is 0.359 e. The number of rotatable bonds is 7. The molecule has 3 aromatic rings. The van der Waals surface area contributed by atoms with E-state index in [0.717, 1.165) is 11.1 Å². The summed E-state index contributed by atoms with van der Waals surface area (Å²) >= 11 is 1.21. The summed E-state index contributed by atoms with van der Waals surface area (Å²) in [6, 6.07) is 5.53. The second-order valence-electron chi connectivity index (χ2n) is 7.41. The number of benzene rings is 1. The highest BCUT2D eigenvalue weighted by Gasteiger charge is 2.24. The first-order valence-corrected chi connectivity index (χ1v) is 11.3. The number of carbonyl (C=O) groups excluding carboxylic acids is 2. The number of carbonyl (C=O) groups is 2. The summed E-state index contributed by atoms with van der Waals surface area (Å²) in [4.78, 5) is 38.7. The normalized spacial score (nSPS) is 11.2. The Morgan fingerprint density at radius 3 is 2.48 bits per heavy atom. The standard InChI is InChI=1S/C23H27N3O4S/c1-6-15(7-2)20(27)24-21-18-17(12-31-21)19(23(29)30-8-3)25-26(22(18)28)16-10-9-13(4)14(5)11-16/h9-12,15H,6-8H2,1-5H3,(H,24,27). The van der Waals surface area contributed by atoms with E-state index in [2.05, 4.69) is 10.4 Å². The summed E-state index contributed by atoms with van der Waals surface area (Å²) in [6.45, 7) is 9.73. The van der Waals surface area contributed by atoms with Gasteiger partial charge >= 0.3 is 5.97 Å². The van der Waals surface area contributed by atoms with E-state index in [1.165, 1.54) is 16.0 Å². The first kappa shape index (κ1) is 22.7. The molecule has 0 saturated heterocycles. The molecule has 0 atom stereocenters. The number of hydrogen-bond donors (Lipinski definition) is 1. The third-order valence-corrected chi connectivity index (χ3v) is 6.34. The second-order valence-corrected chi connectivity index (χ2v) is 8.29. The van der Waals surface area contributed by atoms with Crippen molar-refractivity contribution in [3.63, 3.8) is 0 Å². The molecular weight excluding hydrogens is 414 g/mol. The summed E-state index contributed by atoms with van der Waals surface area (Å²) in [5.41, 5.74) is 2.28. The zero-order valence-electron chi connectivity index (χ0n) is 18.4. The lowest BCUT2D eigenvalue weighted by atomic mass is 10.0. The predicted octanol–water partition coefficient (Wildman–Crippen LogP) is 4.62. The maximum absolute atomic E-state index is 13.4. The van der Waals surface area contributed by atoms with Gasteiger partial charge in [-0.15, -0.1) is 11.3 Å². The van der Waals surface area contributed by atoms with Crippen LogP contribution in [-0.4, -0.2) is 28.3 Å². The molecular formula is C23H27N3O4S. The number of nitrogens with zero attached hydrogens (tertiary/aromatic N) is 2. The van der Waals surface area contributed by atoms with E-state index in [4.69, 9.17) is 4.74 Å². The molecule has 0 saturated carbocycles. The molecule has 0 fully saturated rings. The largest absolute Gasteiger partial charge is 0.461 e. The summed E-state index contributed by atoms with van der Waals surface area (Å²) < 4.78 is 6.38. The average Bonchev–Trinajstić information content (AvgIpc) is 3.15. The monoisotopic (exact) mass is 441 g/mol. The minimum absolute atomic E-state index is 0.0500. The molecule has 0 aliphatic carbocycles. The minimum Gasteiger partial charge on any atom is -0.461 e. The van der Waals surface area contributed by atoms with Gasteiger partial charge < -0.3 is 10.1 Å². The van der Waals surface area contributed by atoms with Crippen molar-refractivity contribution in [3.8, 4) is 5.69 Å². The molecule has 1 aromatic carbocycles. The van der Waals surface area contributed by atoms with E-state index in [1.54, 1.807) is 18.4 Å². The van der Waals surface area contributed by atoms with Crippen LogP contribution in [0.1, 0.15) is 55.2 Å². The number of anilines is 1. The Balaban J connectivity index is 2.24. The van der Waals surface area contributed by atoms with E-state index in [1.807, 2.05) is 39.8 Å². The highest BCUT2D eigenvalue weighted by molar-refractivity contribution is 7.16. The van der Waals surface area contributed by atoms with E-state index >= 15 is 0 Å². The van der Waals surface area contributed by atoms with Gasteiger partial charge in [0.25, 0.3) is 5.56 Å². The van der Waals surface area contributed by atoms with Gasteiger partial charge in [0.15, 0.2) is 5.69 Å². The van der Waals surface area contributed by atoms with Crippen molar-refractivity contribution in [1.82, 2.24) is 9.78 Å². The van der Waals surface area contributed by atoms with Gasteiger partial charge in [-0.3, -0.25) is 9.59 Å². The van der Waals surface area contributed by atoms with Crippen LogP contribution in [0, 0.1) is 19.8 Å². The Labute approximate surface area is 185 Å². The quantitative estimate of drug-likeness (QED) is 0.541. The number of esters is 1. The van der Waals surface area contributed by atoms with E-state index in [0.29, 0.717) is 28.9 Å². The molecule has 1 N–H and O–H groups in total. The average molecular weight is 442 g/mol. The third-order valence-electron chi connectivity index (χ3n) is 5.45. The van der Waals surface area contributed by atoms with Gasteiger partial charge in [-0.1, -0.05) is 19.9 Å². The van der Waals surface area contributed by atoms with Crippen molar-refractivity contribution in [2.45, 2.75) is 47.5 Å². The van der Waals surface area contributed by atoms with Crippen LogP contribution in [-0.2, 0) is 9.53 Å². The molecule has 8 heteroatoms. The molecule has 164 valence electrons. The van der Waals surface area contributed by atoms with Gasteiger partial charge in [-0.25, -0.2) is 4.79 Å². The third kappa shape index (κ3) is 4.39. The number of aryl methyl sites for hydroxylation is 2. The SMILES string of the molecule is CCOC(=O)c1nn(-c2ccc(C)c(C)c2)c(=O)c2c(NC(=O)C(CC)CC)scc12. The predicted molar refractivity (Wildman–Crippen MR) is 123 cm³/mol. The van der Waals surface area contributed by atoms with Crippen molar-refractivity contribution >= 4 is 39.0 Å². The Morgan fingerprint density at radius 1 is 1.16 bits per heavy atom. The van der Waals surface area contributed by atoms with Gasteiger partial charge in [0.2, 0.25) is 5.91 Å². The van der Waals surface area contributed by atoms with Crippen LogP contribution in [0.3, 0.4) is 0 Å². The van der Waals surface area contributed by atoms with Crippen molar-refractivity contribution in [2.75, 3.05) is 11.9 Å². The molecule has 0 aliphatic heterocycles. The molecule has 2 aromatic heterocycles. The van der Waals surface area contributed by atoms with Gasteiger partial charge in [0.05, 0.1) is 17.7 Å². The molecule has 0 bridgehead atoms. The number of nitrogens with one attached hydrogen (secondary N) is 1. The first-order valence-electron chi connectivity index (χ1n) is 10.4. The van der Waals surface area contributed by atoms with Crippen molar-refractivity contribution < 1.29 is 14.3 Å². The lowest BCUT2D eigenvalue weighted by Gasteiger charge is -2.13. The molecule has 0 unspecified atom stereocenters. The van der Waals surface area contributed by atoms with Crippen LogP contribution in [0.4, 0.5) is 5.00 Å². The first-order chi connectivity index (χ1) is 14.8. The number of hydrogen-bond acceptors (Lipinski definition) is 6. The lowest BCUT2D eigenvalue weighted by Crippen LogP contribution is -2.26. The molecule has 0 radical (unpaired) electrons. The van der Waals surface area contributed by atoms with Crippen LogP contribution in [0.5, 0.6) is 0 Å². The number of amides is 1. The Hall–Kier alpha value is -3.00. The number of fused-ring (bicyclic) bond motifs is 1. The van der Waals surface area contributed by atoms with Gasteiger partial charge in [0.1, 0.15) is 5.00 Å². The van der Waals surface area contributed by atoms with Gasteiger partial charge in [-0.2, -0.15) is 9.78 Å². The van der Waals surface area contributed by atoms with Crippen molar-refractivity contribution in [2.24, 2.45) is 5.92 Å². The molecule has 0 spiro atoms. The fourth-order valence-corrected chi connectivity index (χ4v) is 4.34. The fourth-order valence-electron chi connectivity index (χ4n) is 3.40. The molecule has 31 heavy (non-hydrogen) atoms. The van der Waals surface area contributed by atoms with E-state index < -0.39 is 11.5 Å². The number of thiophene rings is 1. The van der Waals surface area contributed by atoms with Crippen molar-refractivity contribution in [3.05, 3.63) is 50.8 Å². The summed E-state index contributed by atoms with van der Waals surface area (Å²) in [7, 11) is 0. The van der Waals surface area contributed by atoms with Gasteiger partial charge in [0, 0.05) is 16.7 Å². The molecule has 2 heterocycles. The van der Waals surface area contributed by atoms with E-state index in [-0.39, 0.29) is 29.5 Å². The zero-order valence-corrected chi connectivity index (χ0v) is 19.3. The van der Waals surface area contributed by atoms with Gasteiger partial charge in [-0.05, 0) is 56.9 Å². The van der Waals surface area contributed by atoms with Crippen molar-refractivity contribution in [1.29, 1.82) is 0 Å². The van der Waals surface area contributed by atoms with E-state index in [9.17, 15) is 14.4 Å². The Bertz CT molecular complexity index is 1190. The summed E-state index contributed by atoms with van der Waals surface area (Å²) in [5, 5.41) is 9.97. The topological polar surface area (TPSA) is 90.3 Å². The molecule has 7 nitrogen and oxygen atoms in total. The number of ether oxygens (including phenoxy) is 1. The molecule has 1 amide bonds. The second kappa shape index (κ2) is 9.43. The molecule has 0 aliphatic rings.